The van der Waals surface area contributed by atoms with Crippen molar-refractivity contribution in [2.45, 2.75) is 94.2 Å². The fourth-order valence-electron chi connectivity index (χ4n) is 6.47. The Labute approximate surface area is 252 Å². The highest BCUT2D eigenvalue weighted by molar-refractivity contribution is 7.86. The number of esters is 2. The van der Waals surface area contributed by atoms with Crippen LogP contribution in [0.25, 0.3) is 22.3 Å². The molecule has 2 aliphatic rings. The van der Waals surface area contributed by atoms with Gasteiger partial charge in [0.25, 0.3) is 0 Å². The van der Waals surface area contributed by atoms with Gasteiger partial charge >= 0.3 is 11.9 Å². The normalized spacial score (nSPS) is 17.5. The van der Waals surface area contributed by atoms with Crippen LogP contribution < -0.4 is 0 Å². The monoisotopic (exact) mass is 607 g/mol. The Kier molecular flexibility index (Phi) is 8.77. The molecule has 0 heterocycles. The molecule has 3 aromatic carbocycles. The van der Waals surface area contributed by atoms with Crippen LogP contribution in [0.4, 0.5) is 4.39 Å². The van der Waals surface area contributed by atoms with Crippen LogP contribution in [0.15, 0.2) is 65.6 Å². The summed E-state index contributed by atoms with van der Waals surface area (Å²) in [4.78, 5) is 25.2. The molecule has 7 nitrogen and oxygen atoms in total. The van der Waals surface area contributed by atoms with E-state index in [0.29, 0.717) is 0 Å². The molecule has 0 N–H and O–H groups in total. The van der Waals surface area contributed by atoms with E-state index in [2.05, 4.69) is 0 Å². The van der Waals surface area contributed by atoms with E-state index >= 15 is 0 Å². The molecular weight excluding hydrogens is 571 g/mol. The SMILES string of the molecule is CCC1(OC(=O)c2ccc(-c3cc(F)cc(-c4ccc(C(=O)OC5(CC)CCCC5)cc4)c3S(=O)(=O)[O-])cc2)CCCC1. The summed E-state index contributed by atoms with van der Waals surface area (Å²) in [5.74, 6) is -1.71. The largest absolute Gasteiger partial charge is 0.744 e. The minimum absolute atomic E-state index is 0.125. The zero-order valence-corrected chi connectivity index (χ0v) is 25.3. The average molecular weight is 608 g/mol. The predicted molar refractivity (Wildman–Crippen MR) is 159 cm³/mol. The lowest BCUT2D eigenvalue weighted by molar-refractivity contribution is -0.0181. The smallest absolute Gasteiger partial charge is 0.338 e. The summed E-state index contributed by atoms with van der Waals surface area (Å²) in [7, 11) is -5.08. The quantitative estimate of drug-likeness (QED) is 0.180. The van der Waals surface area contributed by atoms with Crippen molar-refractivity contribution < 1.29 is 36.4 Å². The zero-order valence-electron chi connectivity index (χ0n) is 24.5. The maximum absolute atomic E-state index is 15.0. The second-order valence-corrected chi connectivity index (χ2v) is 13.0. The van der Waals surface area contributed by atoms with Crippen molar-refractivity contribution in [3.8, 4) is 22.3 Å². The van der Waals surface area contributed by atoms with Gasteiger partial charge in [0.05, 0.1) is 16.0 Å². The van der Waals surface area contributed by atoms with Crippen LogP contribution in [-0.4, -0.2) is 36.1 Å². The topological polar surface area (TPSA) is 110 Å². The fourth-order valence-corrected chi connectivity index (χ4v) is 7.36. The third kappa shape index (κ3) is 6.53. The van der Waals surface area contributed by atoms with Crippen molar-refractivity contribution in [1.29, 1.82) is 0 Å². The average Bonchev–Trinajstić information content (AvgIpc) is 3.67. The van der Waals surface area contributed by atoms with Gasteiger partial charge in [-0.15, -0.1) is 0 Å². The predicted octanol–water partition coefficient (Wildman–Crippen LogP) is 7.82. The van der Waals surface area contributed by atoms with Crippen LogP contribution >= 0.6 is 0 Å². The molecule has 0 spiro atoms. The van der Waals surface area contributed by atoms with E-state index in [1.165, 1.54) is 48.5 Å². The molecule has 5 rings (SSSR count). The fraction of sp³-hybridized carbons (Fsp3) is 0.412. The first-order valence-electron chi connectivity index (χ1n) is 15.0. The van der Waals surface area contributed by atoms with E-state index in [4.69, 9.17) is 9.47 Å². The molecule has 2 fully saturated rings. The molecule has 0 aromatic heterocycles. The van der Waals surface area contributed by atoms with E-state index < -0.39 is 44.0 Å². The van der Waals surface area contributed by atoms with Crippen molar-refractivity contribution in [2.24, 2.45) is 0 Å². The number of carbonyl (C=O) groups is 2. The lowest BCUT2D eigenvalue weighted by Gasteiger charge is -2.27. The highest BCUT2D eigenvalue weighted by Crippen LogP contribution is 2.40. The maximum Gasteiger partial charge on any atom is 0.338 e. The summed E-state index contributed by atoms with van der Waals surface area (Å²) in [6.45, 7) is 3.98. The van der Waals surface area contributed by atoms with Crippen molar-refractivity contribution in [1.82, 2.24) is 0 Å². The molecule has 0 radical (unpaired) electrons. The molecule has 9 heteroatoms. The van der Waals surface area contributed by atoms with Gasteiger partial charge in [0.15, 0.2) is 0 Å². The number of ether oxygens (including phenoxy) is 2. The molecule has 0 bridgehead atoms. The first kappa shape index (κ1) is 30.9. The zero-order chi connectivity index (χ0) is 30.8. The maximum atomic E-state index is 15.0. The number of rotatable bonds is 9. The van der Waals surface area contributed by atoms with Crippen LogP contribution in [0, 0.1) is 5.82 Å². The van der Waals surface area contributed by atoms with E-state index in [1.54, 1.807) is 0 Å². The van der Waals surface area contributed by atoms with Gasteiger partial charge < -0.3 is 14.0 Å². The molecule has 3 aromatic rings. The van der Waals surface area contributed by atoms with Crippen molar-refractivity contribution in [3.63, 3.8) is 0 Å². The van der Waals surface area contributed by atoms with Gasteiger partial charge in [-0.1, -0.05) is 38.1 Å². The third-order valence-corrected chi connectivity index (χ3v) is 10.0. The van der Waals surface area contributed by atoms with Crippen LogP contribution in [0.1, 0.15) is 98.8 Å². The molecule has 0 aliphatic heterocycles. The Morgan fingerprint density at radius 2 is 1.07 bits per heavy atom. The van der Waals surface area contributed by atoms with Crippen LogP contribution in [0.2, 0.25) is 0 Å². The highest BCUT2D eigenvalue weighted by Gasteiger charge is 2.37. The summed E-state index contributed by atoms with van der Waals surface area (Å²) in [5, 5.41) is 0. The molecule has 0 atom stereocenters. The van der Waals surface area contributed by atoms with Crippen molar-refractivity contribution in [3.05, 3.63) is 77.6 Å². The molecule has 0 amide bonds. The van der Waals surface area contributed by atoms with Crippen LogP contribution in [0.3, 0.4) is 0 Å². The van der Waals surface area contributed by atoms with E-state index in [-0.39, 0.29) is 33.4 Å². The van der Waals surface area contributed by atoms with Gasteiger partial charge in [0, 0.05) is 11.1 Å². The highest BCUT2D eigenvalue weighted by atomic mass is 32.2. The molecule has 228 valence electrons. The lowest BCUT2D eigenvalue weighted by Crippen LogP contribution is -2.31. The molecule has 0 saturated heterocycles. The first-order chi connectivity index (χ1) is 20.5. The van der Waals surface area contributed by atoms with Gasteiger partial charge in [0.2, 0.25) is 0 Å². The number of benzene rings is 3. The minimum atomic E-state index is -5.08. The summed E-state index contributed by atoms with van der Waals surface area (Å²) < 4.78 is 64.4. The first-order valence-corrected chi connectivity index (χ1v) is 16.4. The third-order valence-electron chi connectivity index (χ3n) is 9.10. The minimum Gasteiger partial charge on any atom is -0.744 e. The molecule has 2 saturated carbocycles. The molecule has 43 heavy (non-hydrogen) atoms. The number of halogens is 1. The summed E-state index contributed by atoms with van der Waals surface area (Å²) in [5.41, 5.74) is -0.151. The van der Waals surface area contributed by atoms with Gasteiger partial charge in [-0.2, -0.15) is 0 Å². The summed E-state index contributed by atoms with van der Waals surface area (Å²) in [6, 6.07) is 13.8. The summed E-state index contributed by atoms with van der Waals surface area (Å²) >= 11 is 0. The molecule has 2 aliphatic carbocycles. The van der Waals surface area contributed by atoms with E-state index in [0.717, 1.165) is 76.3 Å². The van der Waals surface area contributed by atoms with Crippen LogP contribution in [0.5, 0.6) is 0 Å². The number of carbonyl (C=O) groups excluding carboxylic acids is 2. The summed E-state index contributed by atoms with van der Waals surface area (Å²) in [6.07, 6.45) is 8.68. The lowest BCUT2D eigenvalue weighted by atomic mass is 9.96. The van der Waals surface area contributed by atoms with Gasteiger partial charge in [-0.3, -0.25) is 0 Å². The standard InChI is InChI=1S/C34H37FO7S/c1-3-33(17-5-6-18-33)41-31(36)25-13-9-23(10-14-25)28-21-27(35)22-29(30(28)43(38,39)40)24-11-15-26(16-12-24)32(37)42-34(4-2)19-7-8-20-34/h9-16,21-22H,3-8,17-20H2,1-2H3,(H,38,39,40)/p-1. The molecule has 0 unspecified atom stereocenters. The van der Waals surface area contributed by atoms with E-state index in [1.807, 2.05) is 13.8 Å². The second-order valence-electron chi connectivity index (χ2n) is 11.7. The van der Waals surface area contributed by atoms with Gasteiger partial charge in [-0.05, 0) is 112 Å². The van der Waals surface area contributed by atoms with Crippen molar-refractivity contribution in [2.75, 3.05) is 0 Å². The van der Waals surface area contributed by atoms with Gasteiger partial charge in [0.1, 0.15) is 27.1 Å². The Morgan fingerprint density at radius 3 is 1.37 bits per heavy atom. The van der Waals surface area contributed by atoms with Gasteiger partial charge in [-0.25, -0.2) is 22.4 Å². The Hall–Kier alpha value is -3.56. The Bertz CT molecular complexity index is 1500. The Balaban J connectivity index is 1.45. The second kappa shape index (κ2) is 12.2. The Morgan fingerprint density at radius 1 is 0.721 bits per heavy atom. The van der Waals surface area contributed by atoms with Crippen LogP contribution in [-0.2, 0) is 19.6 Å². The van der Waals surface area contributed by atoms with Crippen molar-refractivity contribution >= 4 is 22.1 Å². The van der Waals surface area contributed by atoms with E-state index in [9.17, 15) is 27.0 Å². The number of hydrogen-bond acceptors (Lipinski definition) is 7. The number of hydrogen-bond donors (Lipinski definition) is 0. The molecular formula is C34H36FO7S-.